The molecular weight excluding hydrogens is 695 g/mol. The average molecular weight is 748 g/mol. The monoisotopic (exact) mass is 747 g/mol. The zero-order valence-corrected chi connectivity index (χ0v) is 34.5. The second kappa shape index (κ2) is 13.4. The highest BCUT2D eigenvalue weighted by molar-refractivity contribution is 5.91. The number of carbonyl (C=O) groups is 1. The van der Waals surface area contributed by atoms with Gasteiger partial charge in [0.25, 0.3) is 0 Å². The molecule has 0 bridgehead atoms. The molecule has 0 amide bonds. The Morgan fingerprint density at radius 2 is 1.39 bits per heavy atom. The van der Waals surface area contributed by atoms with E-state index in [4.69, 9.17) is 0 Å². The van der Waals surface area contributed by atoms with Gasteiger partial charge in [0, 0.05) is 45.9 Å². The van der Waals surface area contributed by atoms with Crippen LogP contribution in [0.4, 0.5) is 11.4 Å². The van der Waals surface area contributed by atoms with Gasteiger partial charge in [0.15, 0.2) is 6.29 Å². The van der Waals surface area contributed by atoms with Crippen LogP contribution in [0.5, 0.6) is 0 Å². The van der Waals surface area contributed by atoms with Crippen molar-refractivity contribution in [1.29, 1.82) is 0 Å². The first-order valence-electron chi connectivity index (χ1n) is 20.5. The van der Waals surface area contributed by atoms with Crippen LogP contribution >= 0.6 is 0 Å². The SMILES string of the molecule is C=C(/C(C=O)=C/C=C1/N(c2ccc3c(c2)C(C)(C)c2ccccc2-3)c2cc3c(cc2C1(C)C)-c1ccccc1C3(C)C)N(C1=CCCC=C1)N(C)C1=CC=CCC1. The van der Waals surface area contributed by atoms with Crippen LogP contribution in [-0.4, -0.2) is 23.4 Å². The summed E-state index contributed by atoms with van der Waals surface area (Å²) in [5, 5.41) is 4.26. The van der Waals surface area contributed by atoms with E-state index in [0.717, 1.165) is 49.1 Å². The van der Waals surface area contributed by atoms with Crippen molar-refractivity contribution < 1.29 is 4.79 Å². The Hall–Kier alpha value is -5.87. The van der Waals surface area contributed by atoms with Crippen molar-refractivity contribution in [3.63, 3.8) is 0 Å². The number of anilines is 2. The first-order chi connectivity index (χ1) is 27.4. The smallest absolute Gasteiger partial charge is 0.152 e. The van der Waals surface area contributed by atoms with E-state index in [-0.39, 0.29) is 16.2 Å². The number of allylic oxidation sites excluding steroid dienone is 11. The van der Waals surface area contributed by atoms with Gasteiger partial charge in [0.1, 0.15) is 0 Å². The number of nitrogens with zero attached hydrogens (tertiary/aromatic N) is 3. The molecule has 4 aromatic rings. The van der Waals surface area contributed by atoms with Crippen LogP contribution in [0.1, 0.15) is 95.0 Å². The molecular formula is C53H53N3O. The lowest BCUT2D eigenvalue weighted by Gasteiger charge is -2.39. The van der Waals surface area contributed by atoms with Gasteiger partial charge >= 0.3 is 0 Å². The number of hydrazine groups is 1. The molecule has 57 heavy (non-hydrogen) atoms. The molecule has 1 heterocycles. The highest BCUT2D eigenvalue weighted by atomic mass is 16.1. The number of hydrogen-bond acceptors (Lipinski definition) is 4. The Kier molecular flexibility index (Phi) is 8.62. The lowest BCUT2D eigenvalue weighted by Crippen LogP contribution is -2.38. The van der Waals surface area contributed by atoms with Crippen LogP contribution in [-0.2, 0) is 21.0 Å². The predicted octanol–water partition coefficient (Wildman–Crippen LogP) is 12.9. The molecule has 0 atom stereocenters. The molecule has 0 fully saturated rings. The summed E-state index contributed by atoms with van der Waals surface area (Å²) < 4.78 is 0. The molecule has 4 nitrogen and oxygen atoms in total. The second-order valence-corrected chi connectivity index (χ2v) is 17.8. The molecule has 0 saturated carbocycles. The van der Waals surface area contributed by atoms with E-state index in [1.807, 2.05) is 6.08 Å². The third-order valence-electron chi connectivity index (χ3n) is 13.4. The van der Waals surface area contributed by atoms with Crippen molar-refractivity contribution >= 4 is 17.7 Å². The number of benzene rings is 4. The van der Waals surface area contributed by atoms with Crippen LogP contribution in [0, 0.1) is 0 Å². The normalized spacial score (nSPS) is 19.6. The molecule has 1 aliphatic heterocycles. The number of hydrogen-bond donors (Lipinski definition) is 0. The Morgan fingerprint density at radius 3 is 2.04 bits per heavy atom. The van der Waals surface area contributed by atoms with Gasteiger partial charge in [-0.05, 0) is 124 Å². The van der Waals surface area contributed by atoms with Crippen molar-refractivity contribution in [3.8, 4) is 22.3 Å². The standard InChI is InChI=1S/C53H53N3O/c1-35(56(38-21-13-10-14-22-38)54(8)37-19-11-9-12-20-37)36(34-57)27-30-50-53(6,7)48-32-43-41-24-16-18-26-45(41)52(4,5)47(43)33-49(48)55(50)39-28-29-42-40-23-15-17-25-44(40)51(2,3)46(42)31-39/h9,11,13,15-19,21-34H,1,10,12,14,20H2,2-8H3/b36-27+,50-30+. The van der Waals surface area contributed by atoms with Crippen LogP contribution < -0.4 is 4.90 Å². The maximum absolute atomic E-state index is 13.2. The van der Waals surface area contributed by atoms with Gasteiger partial charge in [-0.3, -0.25) is 14.8 Å². The fourth-order valence-electron chi connectivity index (χ4n) is 10.1. The molecule has 0 saturated heterocycles. The van der Waals surface area contributed by atoms with Crippen molar-refractivity contribution in [2.75, 3.05) is 11.9 Å². The van der Waals surface area contributed by atoms with Crippen LogP contribution in [0.3, 0.4) is 0 Å². The fraction of sp³-hybridized carbons (Fsp3) is 0.264. The van der Waals surface area contributed by atoms with Gasteiger partial charge in [-0.25, -0.2) is 0 Å². The average Bonchev–Trinajstić information content (AvgIpc) is 3.70. The number of rotatable bonds is 8. The summed E-state index contributed by atoms with van der Waals surface area (Å²) >= 11 is 0. The molecule has 4 aliphatic carbocycles. The Bertz CT molecular complexity index is 2570. The first kappa shape index (κ1) is 36.7. The van der Waals surface area contributed by atoms with Crippen molar-refractivity contribution in [1.82, 2.24) is 10.0 Å². The predicted molar refractivity (Wildman–Crippen MR) is 237 cm³/mol. The number of aldehydes is 1. The summed E-state index contributed by atoms with van der Waals surface area (Å²) in [7, 11) is 2.07. The van der Waals surface area contributed by atoms with Crippen molar-refractivity contribution in [2.45, 2.75) is 83.5 Å². The number of fused-ring (bicyclic) bond motifs is 7. The van der Waals surface area contributed by atoms with Gasteiger partial charge in [-0.2, -0.15) is 0 Å². The first-order valence-corrected chi connectivity index (χ1v) is 20.5. The lowest BCUT2D eigenvalue weighted by molar-refractivity contribution is -0.105. The molecule has 0 radical (unpaired) electrons. The molecule has 0 unspecified atom stereocenters. The molecule has 5 aliphatic rings. The molecule has 4 heteroatoms. The lowest BCUT2D eigenvalue weighted by atomic mass is 9.79. The highest BCUT2D eigenvalue weighted by Crippen LogP contribution is 2.58. The Labute approximate surface area is 339 Å². The van der Waals surface area contributed by atoms with Gasteiger partial charge in [-0.15, -0.1) is 0 Å². The van der Waals surface area contributed by atoms with E-state index in [1.54, 1.807) is 0 Å². The fourth-order valence-corrected chi connectivity index (χ4v) is 10.1. The van der Waals surface area contributed by atoms with Crippen LogP contribution in [0.15, 0.2) is 162 Å². The largest absolute Gasteiger partial charge is 0.313 e. The minimum Gasteiger partial charge on any atom is -0.313 e. The summed E-state index contributed by atoms with van der Waals surface area (Å²) in [5.74, 6) is 0. The quantitative estimate of drug-likeness (QED) is 0.0776. The van der Waals surface area contributed by atoms with Gasteiger partial charge in [-0.1, -0.05) is 127 Å². The minimum absolute atomic E-state index is 0.144. The zero-order valence-electron chi connectivity index (χ0n) is 34.5. The molecule has 4 aromatic carbocycles. The third kappa shape index (κ3) is 5.59. The van der Waals surface area contributed by atoms with Crippen molar-refractivity contribution in [2.24, 2.45) is 0 Å². The minimum atomic E-state index is -0.389. The van der Waals surface area contributed by atoms with Crippen LogP contribution in [0.2, 0.25) is 0 Å². The number of carbonyl (C=O) groups excluding carboxylic acids is 1. The second-order valence-electron chi connectivity index (χ2n) is 17.8. The summed E-state index contributed by atoms with van der Waals surface area (Å²) in [6.45, 7) is 18.6. The van der Waals surface area contributed by atoms with Gasteiger partial charge in [0.2, 0.25) is 0 Å². The summed E-state index contributed by atoms with van der Waals surface area (Å²) in [6.07, 6.45) is 22.1. The van der Waals surface area contributed by atoms with E-state index < -0.39 is 0 Å². The molecule has 0 spiro atoms. The zero-order chi connectivity index (χ0) is 39.9. The maximum atomic E-state index is 13.2. The third-order valence-corrected chi connectivity index (χ3v) is 13.4. The van der Waals surface area contributed by atoms with Gasteiger partial charge < -0.3 is 4.90 Å². The van der Waals surface area contributed by atoms with E-state index in [0.29, 0.717) is 11.3 Å². The Balaban J connectivity index is 1.21. The Morgan fingerprint density at radius 1 is 0.719 bits per heavy atom. The summed E-state index contributed by atoms with van der Waals surface area (Å²) in [4.78, 5) is 15.7. The highest BCUT2D eigenvalue weighted by Gasteiger charge is 2.45. The van der Waals surface area contributed by atoms with Crippen molar-refractivity contribution in [3.05, 3.63) is 190 Å². The van der Waals surface area contributed by atoms with E-state index in [9.17, 15) is 4.79 Å². The summed E-state index contributed by atoms with van der Waals surface area (Å²) in [6, 6.07) is 29.6. The van der Waals surface area contributed by atoms with Crippen LogP contribution in [0.25, 0.3) is 22.3 Å². The molecule has 286 valence electrons. The molecule has 9 rings (SSSR count). The summed E-state index contributed by atoms with van der Waals surface area (Å²) in [5.41, 5.74) is 18.1. The maximum Gasteiger partial charge on any atom is 0.152 e. The van der Waals surface area contributed by atoms with Gasteiger partial charge in [0.05, 0.1) is 17.1 Å². The van der Waals surface area contributed by atoms with E-state index in [1.165, 1.54) is 61.5 Å². The van der Waals surface area contributed by atoms with E-state index >= 15 is 0 Å². The molecule has 0 N–H and O–H groups in total. The topological polar surface area (TPSA) is 26.8 Å². The molecule has 0 aromatic heterocycles. The van der Waals surface area contributed by atoms with E-state index in [2.05, 4.69) is 191 Å².